The molecule has 0 aliphatic carbocycles. The second-order valence-electron chi connectivity index (χ2n) is 5.40. The summed E-state index contributed by atoms with van der Waals surface area (Å²) < 4.78 is 5.70. The molecule has 0 spiro atoms. The number of aliphatic hydroxyl groups is 1. The Hall–Kier alpha value is -2.60. The number of benzene rings is 2. The number of ether oxygens (including phenoxy) is 1. The molecule has 6 nitrogen and oxygen atoms in total. The number of rotatable bonds is 1. The lowest BCUT2D eigenvalue weighted by atomic mass is 9.91. The molecule has 1 heterocycles. The maximum absolute atomic E-state index is 10.3. The van der Waals surface area contributed by atoms with E-state index in [1.807, 2.05) is 0 Å². The van der Waals surface area contributed by atoms with Crippen LogP contribution in [0.1, 0.15) is 22.8 Å². The van der Waals surface area contributed by atoms with Crippen molar-refractivity contribution in [1.82, 2.24) is 0 Å². The van der Waals surface area contributed by atoms with Crippen LogP contribution in [0, 0.1) is 6.92 Å². The molecule has 0 radical (unpaired) electrons. The van der Waals surface area contributed by atoms with E-state index in [4.69, 9.17) is 4.74 Å². The monoisotopic (exact) mass is 304 g/mol. The minimum atomic E-state index is -0.939. The van der Waals surface area contributed by atoms with E-state index in [2.05, 4.69) is 0 Å². The molecule has 0 aromatic heterocycles. The van der Waals surface area contributed by atoms with Crippen molar-refractivity contribution in [3.05, 3.63) is 41.0 Å². The molecule has 0 saturated heterocycles. The van der Waals surface area contributed by atoms with Crippen LogP contribution in [0.5, 0.6) is 28.7 Å². The predicted octanol–water partition coefficient (Wildman–Crippen LogP) is 1.85. The average molecular weight is 304 g/mol. The molecule has 1 aliphatic heterocycles. The summed E-state index contributed by atoms with van der Waals surface area (Å²) in [4.78, 5) is 0. The topological polar surface area (TPSA) is 110 Å². The normalized spacial score (nSPS) is 20.3. The van der Waals surface area contributed by atoms with Gasteiger partial charge in [-0.1, -0.05) is 6.07 Å². The van der Waals surface area contributed by atoms with Gasteiger partial charge in [-0.05, 0) is 13.0 Å². The van der Waals surface area contributed by atoms with E-state index in [0.29, 0.717) is 16.7 Å². The number of hydrogen-bond donors (Lipinski definition) is 5. The number of phenols is 4. The van der Waals surface area contributed by atoms with Crippen molar-refractivity contribution in [2.75, 3.05) is 0 Å². The molecule has 0 amide bonds. The zero-order chi connectivity index (χ0) is 16.0. The number of aliphatic hydroxyl groups excluding tert-OH is 1. The van der Waals surface area contributed by atoms with Gasteiger partial charge in [0.05, 0.1) is 6.10 Å². The SMILES string of the molecule is Cc1c([C@@H]2Oc3cc(O)cc(O)c3C[C@@H]2O)ccc(O)c1O. The highest BCUT2D eigenvalue weighted by atomic mass is 16.5. The lowest BCUT2D eigenvalue weighted by Gasteiger charge is -2.32. The van der Waals surface area contributed by atoms with E-state index in [-0.39, 0.29) is 35.2 Å². The van der Waals surface area contributed by atoms with Gasteiger partial charge in [0.2, 0.25) is 0 Å². The minimum Gasteiger partial charge on any atom is -0.508 e. The van der Waals surface area contributed by atoms with Crippen LogP contribution in [-0.2, 0) is 6.42 Å². The molecule has 3 rings (SSSR count). The largest absolute Gasteiger partial charge is 0.508 e. The van der Waals surface area contributed by atoms with Crippen molar-refractivity contribution in [2.24, 2.45) is 0 Å². The van der Waals surface area contributed by atoms with E-state index in [9.17, 15) is 25.5 Å². The van der Waals surface area contributed by atoms with Gasteiger partial charge in [-0.15, -0.1) is 0 Å². The van der Waals surface area contributed by atoms with Gasteiger partial charge < -0.3 is 30.3 Å². The van der Waals surface area contributed by atoms with Crippen molar-refractivity contribution in [3.8, 4) is 28.7 Å². The number of phenolic OH excluding ortho intramolecular Hbond substituents is 4. The number of hydrogen-bond acceptors (Lipinski definition) is 6. The Kier molecular flexibility index (Phi) is 3.26. The Bertz CT molecular complexity index is 740. The molecule has 116 valence electrons. The molecule has 0 bridgehead atoms. The molecule has 5 N–H and O–H groups in total. The van der Waals surface area contributed by atoms with Gasteiger partial charge in [0.25, 0.3) is 0 Å². The fraction of sp³-hybridized carbons (Fsp3) is 0.250. The van der Waals surface area contributed by atoms with E-state index >= 15 is 0 Å². The molecule has 0 fully saturated rings. The second kappa shape index (κ2) is 4.99. The van der Waals surface area contributed by atoms with E-state index < -0.39 is 12.2 Å². The summed E-state index contributed by atoms with van der Waals surface area (Å²) >= 11 is 0. The van der Waals surface area contributed by atoms with Crippen LogP contribution in [-0.4, -0.2) is 31.6 Å². The summed E-state index contributed by atoms with van der Waals surface area (Å²) in [6.45, 7) is 1.61. The van der Waals surface area contributed by atoms with Crippen LogP contribution >= 0.6 is 0 Å². The molecule has 6 heteroatoms. The van der Waals surface area contributed by atoms with Gasteiger partial charge in [0.1, 0.15) is 17.2 Å². The van der Waals surface area contributed by atoms with Crippen LogP contribution in [0.2, 0.25) is 0 Å². The van der Waals surface area contributed by atoms with Crippen LogP contribution in [0.25, 0.3) is 0 Å². The third-order valence-corrected chi connectivity index (χ3v) is 3.94. The van der Waals surface area contributed by atoms with Crippen LogP contribution in [0.4, 0.5) is 0 Å². The summed E-state index contributed by atoms with van der Waals surface area (Å²) in [5.41, 5.74) is 1.34. The fourth-order valence-corrected chi connectivity index (χ4v) is 2.74. The Morgan fingerprint density at radius 3 is 2.50 bits per heavy atom. The zero-order valence-electron chi connectivity index (χ0n) is 11.8. The maximum Gasteiger partial charge on any atom is 0.160 e. The first-order valence-corrected chi connectivity index (χ1v) is 6.79. The van der Waals surface area contributed by atoms with E-state index in [0.717, 1.165) is 0 Å². The van der Waals surface area contributed by atoms with Gasteiger partial charge >= 0.3 is 0 Å². The van der Waals surface area contributed by atoms with Gasteiger partial charge in [0, 0.05) is 35.2 Å². The quantitative estimate of drug-likeness (QED) is 0.514. The molecule has 0 saturated carbocycles. The van der Waals surface area contributed by atoms with Crippen molar-refractivity contribution < 1.29 is 30.3 Å². The van der Waals surface area contributed by atoms with Gasteiger partial charge in [0.15, 0.2) is 17.6 Å². The maximum atomic E-state index is 10.3. The molecule has 2 aromatic carbocycles. The van der Waals surface area contributed by atoms with Gasteiger partial charge in [-0.3, -0.25) is 0 Å². The zero-order valence-corrected chi connectivity index (χ0v) is 11.8. The second-order valence-corrected chi connectivity index (χ2v) is 5.40. The highest BCUT2D eigenvalue weighted by molar-refractivity contribution is 5.53. The third-order valence-electron chi connectivity index (χ3n) is 3.94. The Balaban J connectivity index is 2.05. The highest BCUT2D eigenvalue weighted by Gasteiger charge is 2.33. The summed E-state index contributed by atoms with van der Waals surface area (Å²) in [5.74, 6) is -0.519. The molecule has 2 atom stereocenters. The lowest BCUT2D eigenvalue weighted by molar-refractivity contribution is 0.0193. The van der Waals surface area contributed by atoms with Gasteiger partial charge in [-0.25, -0.2) is 0 Å². The predicted molar refractivity (Wildman–Crippen MR) is 77.4 cm³/mol. The van der Waals surface area contributed by atoms with Crippen LogP contribution < -0.4 is 4.74 Å². The molecule has 22 heavy (non-hydrogen) atoms. The van der Waals surface area contributed by atoms with Crippen molar-refractivity contribution in [1.29, 1.82) is 0 Å². The third kappa shape index (κ3) is 2.17. The highest BCUT2D eigenvalue weighted by Crippen LogP contribution is 2.44. The molecule has 2 aromatic rings. The van der Waals surface area contributed by atoms with Crippen LogP contribution in [0.15, 0.2) is 24.3 Å². The molecular formula is C16H16O6. The first-order chi connectivity index (χ1) is 10.4. The Labute approximate surface area is 126 Å². The molecule has 0 unspecified atom stereocenters. The minimum absolute atomic E-state index is 0.141. The van der Waals surface area contributed by atoms with Crippen molar-refractivity contribution >= 4 is 0 Å². The first-order valence-electron chi connectivity index (χ1n) is 6.79. The Morgan fingerprint density at radius 1 is 1.05 bits per heavy atom. The van der Waals surface area contributed by atoms with Crippen LogP contribution in [0.3, 0.4) is 0 Å². The van der Waals surface area contributed by atoms with E-state index in [1.165, 1.54) is 18.2 Å². The van der Waals surface area contributed by atoms with Crippen molar-refractivity contribution in [3.63, 3.8) is 0 Å². The summed E-state index contributed by atoms with van der Waals surface area (Å²) in [6.07, 6.45) is -1.57. The summed E-state index contributed by atoms with van der Waals surface area (Å²) in [7, 11) is 0. The average Bonchev–Trinajstić information content (AvgIpc) is 2.46. The summed E-state index contributed by atoms with van der Waals surface area (Å²) in [6, 6.07) is 5.44. The van der Waals surface area contributed by atoms with Gasteiger partial charge in [-0.2, -0.15) is 0 Å². The molecule has 1 aliphatic rings. The molecular weight excluding hydrogens is 288 g/mol. The lowest BCUT2D eigenvalue weighted by Crippen LogP contribution is -2.30. The van der Waals surface area contributed by atoms with Crippen molar-refractivity contribution in [2.45, 2.75) is 25.6 Å². The first kappa shape index (κ1) is 14.3. The standard InChI is InChI=1S/C16H16O6/c1-7-9(2-3-11(18)15(7)21)16-13(20)6-10-12(19)4-8(17)5-14(10)22-16/h2-5,13,16-21H,6H2,1H3/t13-,16-/m0/s1. The number of aromatic hydroxyl groups is 4. The summed E-state index contributed by atoms with van der Waals surface area (Å²) in [5, 5.41) is 49.0. The number of fused-ring (bicyclic) bond motifs is 1. The fourth-order valence-electron chi connectivity index (χ4n) is 2.74. The smallest absolute Gasteiger partial charge is 0.160 e. The Morgan fingerprint density at radius 2 is 1.77 bits per heavy atom. The van der Waals surface area contributed by atoms with E-state index in [1.54, 1.807) is 13.0 Å².